The van der Waals surface area contributed by atoms with Gasteiger partial charge in [0.15, 0.2) is 0 Å². The smallest absolute Gasteiger partial charge is 0.0969 e. The Hall–Kier alpha value is -0.560. The largest absolute Gasteiger partial charge is 0.389 e. The predicted molar refractivity (Wildman–Crippen MR) is 46.7 cm³/mol. The number of aliphatic hydroxyl groups is 1. The van der Waals surface area contributed by atoms with Crippen molar-refractivity contribution in [2.45, 2.75) is 19.1 Å². The molecule has 1 saturated heterocycles. The Morgan fingerprint density at radius 1 is 1.58 bits per heavy atom. The van der Waals surface area contributed by atoms with Crippen LogP contribution in [0.5, 0.6) is 0 Å². The topological polar surface area (TPSA) is 32.7 Å². The fraction of sp³-hybridized carbons (Fsp3) is 0.778. The molecule has 0 amide bonds. The molecule has 0 bridgehead atoms. The molecule has 1 aliphatic heterocycles. The zero-order chi connectivity index (χ0) is 8.97. The van der Waals surface area contributed by atoms with Crippen LogP contribution in [0.2, 0.25) is 0 Å². The first-order chi connectivity index (χ1) is 5.77. The Bertz CT molecular complexity index is 194. The molecule has 0 spiro atoms. The highest BCUT2D eigenvalue weighted by Crippen LogP contribution is 2.11. The maximum Gasteiger partial charge on any atom is 0.0969 e. The second kappa shape index (κ2) is 4.46. The minimum Gasteiger partial charge on any atom is -0.389 e. The van der Waals surface area contributed by atoms with Crippen molar-refractivity contribution in [3.05, 3.63) is 0 Å². The first kappa shape index (κ1) is 9.53. The van der Waals surface area contributed by atoms with Gasteiger partial charge in [0.2, 0.25) is 0 Å². The van der Waals surface area contributed by atoms with Crippen LogP contribution in [0.3, 0.4) is 0 Å². The van der Waals surface area contributed by atoms with Crippen LogP contribution < -0.4 is 0 Å². The summed E-state index contributed by atoms with van der Waals surface area (Å²) in [6.07, 6.45) is -0.391. The highest BCUT2D eigenvalue weighted by molar-refractivity contribution is 5.00. The van der Waals surface area contributed by atoms with Crippen molar-refractivity contribution in [1.29, 1.82) is 0 Å². The third-order valence-corrected chi connectivity index (χ3v) is 2.09. The van der Waals surface area contributed by atoms with Crippen LogP contribution in [0, 0.1) is 11.8 Å². The van der Waals surface area contributed by atoms with Crippen molar-refractivity contribution in [1.82, 2.24) is 4.90 Å². The first-order valence-corrected chi connectivity index (χ1v) is 4.10. The summed E-state index contributed by atoms with van der Waals surface area (Å²) in [7, 11) is 1.63. The molecule has 1 fully saturated rings. The zero-order valence-electron chi connectivity index (χ0n) is 7.58. The summed E-state index contributed by atoms with van der Waals surface area (Å²) in [6.45, 7) is 4.01. The van der Waals surface area contributed by atoms with Gasteiger partial charge in [-0.3, -0.25) is 4.90 Å². The molecular weight excluding hydrogens is 154 g/mol. The number of nitrogens with zero attached hydrogens (tertiary/aromatic N) is 1. The minimum absolute atomic E-state index is 0.0383. The molecule has 1 heterocycles. The maximum atomic E-state index is 9.44. The summed E-state index contributed by atoms with van der Waals surface area (Å²) in [5, 5.41) is 9.44. The van der Waals surface area contributed by atoms with Gasteiger partial charge in [0.25, 0.3) is 0 Å². The molecule has 68 valence electrons. The Labute approximate surface area is 73.3 Å². The van der Waals surface area contributed by atoms with E-state index < -0.39 is 0 Å². The van der Waals surface area contributed by atoms with Crippen molar-refractivity contribution in [3.63, 3.8) is 0 Å². The zero-order valence-corrected chi connectivity index (χ0v) is 7.58. The lowest BCUT2D eigenvalue weighted by Crippen LogP contribution is -2.25. The average Bonchev–Trinajstić information content (AvgIpc) is 2.43. The van der Waals surface area contributed by atoms with E-state index in [1.54, 1.807) is 7.11 Å². The normalized spacial score (nSPS) is 29.9. The van der Waals surface area contributed by atoms with Crippen LogP contribution in [0.4, 0.5) is 0 Å². The van der Waals surface area contributed by atoms with Gasteiger partial charge in [0.05, 0.1) is 18.8 Å². The van der Waals surface area contributed by atoms with Gasteiger partial charge in [0.1, 0.15) is 0 Å². The van der Waals surface area contributed by atoms with E-state index in [0.717, 1.165) is 13.1 Å². The predicted octanol–water partition coefficient (Wildman–Crippen LogP) is -0.299. The fourth-order valence-corrected chi connectivity index (χ4v) is 1.38. The Morgan fingerprint density at radius 2 is 2.33 bits per heavy atom. The molecule has 0 aromatic heterocycles. The van der Waals surface area contributed by atoms with Gasteiger partial charge in [0, 0.05) is 20.2 Å². The van der Waals surface area contributed by atoms with Crippen LogP contribution in [0.1, 0.15) is 6.92 Å². The number of β-amino-alcohol motifs (C(OH)–C–C–N with tert-alkyl or cyclic N) is 1. The molecule has 1 aliphatic rings. The van der Waals surface area contributed by atoms with Crippen LogP contribution in [0.25, 0.3) is 0 Å². The highest BCUT2D eigenvalue weighted by atomic mass is 16.5. The third-order valence-electron chi connectivity index (χ3n) is 2.09. The maximum absolute atomic E-state index is 9.44. The lowest BCUT2D eigenvalue weighted by molar-refractivity contribution is 0.0215. The van der Waals surface area contributed by atoms with Crippen molar-refractivity contribution in [2.24, 2.45) is 0 Å². The van der Waals surface area contributed by atoms with Gasteiger partial charge >= 0.3 is 0 Å². The molecule has 12 heavy (non-hydrogen) atoms. The lowest BCUT2D eigenvalue weighted by Gasteiger charge is -2.10. The molecule has 0 unspecified atom stereocenters. The molecule has 0 aliphatic carbocycles. The molecule has 3 nitrogen and oxygen atoms in total. The summed E-state index contributed by atoms with van der Waals surface area (Å²) in [5.41, 5.74) is 0. The van der Waals surface area contributed by atoms with E-state index in [2.05, 4.69) is 16.7 Å². The fourth-order valence-electron chi connectivity index (χ4n) is 1.38. The van der Waals surface area contributed by atoms with E-state index in [0.29, 0.717) is 6.54 Å². The van der Waals surface area contributed by atoms with Crippen LogP contribution >= 0.6 is 0 Å². The summed E-state index contributed by atoms with van der Waals surface area (Å²) < 4.78 is 5.09. The Balaban J connectivity index is 2.36. The summed E-state index contributed by atoms with van der Waals surface area (Å²) in [4.78, 5) is 2.09. The summed E-state index contributed by atoms with van der Waals surface area (Å²) in [6, 6.07) is 0. The molecule has 1 N–H and O–H groups in total. The molecule has 0 radical (unpaired) electrons. The molecule has 3 heteroatoms. The van der Waals surface area contributed by atoms with Gasteiger partial charge in [-0.05, 0) is 6.92 Å². The van der Waals surface area contributed by atoms with E-state index in [9.17, 15) is 5.11 Å². The molecule has 0 saturated carbocycles. The molecular formula is C9H15NO2. The van der Waals surface area contributed by atoms with Gasteiger partial charge in [-0.2, -0.15) is 0 Å². The SMILES string of the molecule is CC#CCN1C[C@@H](O)[C@H](OC)C1. The third kappa shape index (κ3) is 2.21. The number of hydrogen-bond acceptors (Lipinski definition) is 3. The van der Waals surface area contributed by atoms with E-state index in [4.69, 9.17) is 4.74 Å². The van der Waals surface area contributed by atoms with Gasteiger partial charge < -0.3 is 9.84 Å². The van der Waals surface area contributed by atoms with Crippen molar-refractivity contribution < 1.29 is 9.84 Å². The van der Waals surface area contributed by atoms with E-state index in [-0.39, 0.29) is 12.2 Å². The standard InChI is InChI=1S/C9H15NO2/c1-3-4-5-10-6-8(11)9(7-10)12-2/h8-9,11H,5-7H2,1-2H3/t8-,9-/m1/s1. The van der Waals surface area contributed by atoms with Crippen molar-refractivity contribution >= 4 is 0 Å². The van der Waals surface area contributed by atoms with E-state index in [1.807, 2.05) is 6.92 Å². The van der Waals surface area contributed by atoms with Gasteiger partial charge in [-0.1, -0.05) is 5.92 Å². The molecule has 2 atom stereocenters. The number of aliphatic hydroxyl groups excluding tert-OH is 1. The number of likely N-dealkylation sites (tertiary alicyclic amines) is 1. The van der Waals surface area contributed by atoms with Gasteiger partial charge in [-0.25, -0.2) is 0 Å². The van der Waals surface area contributed by atoms with E-state index >= 15 is 0 Å². The average molecular weight is 169 g/mol. The lowest BCUT2D eigenvalue weighted by atomic mass is 10.3. The van der Waals surface area contributed by atoms with Crippen LogP contribution in [0.15, 0.2) is 0 Å². The van der Waals surface area contributed by atoms with Crippen molar-refractivity contribution in [2.75, 3.05) is 26.7 Å². The van der Waals surface area contributed by atoms with E-state index in [1.165, 1.54) is 0 Å². The van der Waals surface area contributed by atoms with Gasteiger partial charge in [-0.15, -0.1) is 5.92 Å². The number of ether oxygens (including phenoxy) is 1. The molecule has 0 aromatic rings. The molecule has 0 aromatic carbocycles. The molecule has 1 rings (SSSR count). The Morgan fingerprint density at radius 3 is 2.83 bits per heavy atom. The monoisotopic (exact) mass is 169 g/mol. The number of hydrogen-bond donors (Lipinski definition) is 1. The van der Waals surface area contributed by atoms with Crippen LogP contribution in [-0.4, -0.2) is 49.0 Å². The van der Waals surface area contributed by atoms with Crippen molar-refractivity contribution in [3.8, 4) is 11.8 Å². The summed E-state index contributed by atoms with van der Waals surface area (Å²) in [5.74, 6) is 5.79. The first-order valence-electron chi connectivity index (χ1n) is 4.10. The minimum atomic E-state index is -0.353. The second-order valence-electron chi connectivity index (χ2n) is 2.96. The number of rotatable bonds is 2. The number of methoxy groups -OCH3 is 1. The van der Waals surface area contributed by atoms with Crippen LogP contribution in [-0.2, 0) is 4.74 Å². The Kier molecular flexibility index (Phi) is 3.54. The quantitative estimate of drug-likeness (QED) is 0.576. The highest BCUT2D eigenvalue weighted by Gasteiger charge is 2.30. The second-order valence-corrected chi connectivity index (χ2v) is 2.96. The summed E-state index contributed by atoms with van der Waals surface area (Å²) >= 11 is 0.